The van der Waals surface area contributed by atoms with Gasteiger partial charge in [-0.3, -0.25) is 9.52 Å². The zero-order chi connectivity index (χ0) is 13.1. The van der Waals surface area contributed by atoms with Crippen LogP contribution in [0.1, 0.15) is 13.8 Å². The summed E-state index contributed by atoms with van der Waals surface area (Å²) in [5.41, 5.74) is 0. The van der Waals surface area contributed by atoms with E-state index in [1.165, 1.54) is 0 Å². The Morgan fingerprint density at radius 1 is 1.53 bits per heavy atom. The molecule has 17 heavy (non-hydrogen) atoms. The maximum absolute atomic E-state index is 11.5. The van der Waals surface area contributed by atoms with Crippen LogP contribution in [-0.2, 0) is 14.8 Å². The molecule has 0 aliphatic heterocycles. The fourth-order valence-electron chi connectivity index (χ4n) is 0.672. The van der Waals surface area contributed by atoms with Gasteiger partial charge in [-0.25, -0.2) is 8.42 Å². The highest BCUT2D eigenvalue weighted by Gasteiger charge is 2.18. The molecule has 2 N–H and O–H groups in total. The smallest absolute Gasteiger partial charge is 0.313 e. The number of nitrogens with one attached hydrogen (secondary N) is 1. The van der Waals surface area contributed by atoms with Gasteiger partial charge in [0, 0.05) is 0 Å². The standard InChI is InChI=1S/C7H11N3O4S3/c1-4(2)17(13,14)10-6-8-9-7(16-6)15-3-5(11)12/h4H,3H2,1-2H3,(H,8,10)(H,11,12). The largest absolute Gasteiger partial charge is 0.481 e. The highest BCUT2D eigenvalue weighted by Crippen LogP contribution is 2.26. The van der Waals surface area contributed by atoms with E-state index in [9.17, 15) is 13.2 Å². The minimum atomic E-state index is -3.44. The van der Waals surface area contributed by atoms with Crippen molar-refractivity contribution in [3.63, 3.8) is 0 Å². The number of carboxylic acid groups (broad SMARTS) is 1. The zero-order valence-corrected chi connectivity index (χ0v) is 11.5. The molecule has 1 aromatic rings. The summed E-state index contributed by atoms with van der Waals surface area (Å²) in [5.74, 6) is -1.10. The molecule has 1 rings (SSSR count). The van der Waals surface area contributed by atoms with Gasteiger partial charge in [0.05, 0.1) is 11.0 Å². The van der Waals surface area contributed by atoms with Crippen LogP contribution in [0.3, 0.4) is 0 Å². The second kappa shape index (κ2) is 5.65. The maximum Gasteiger partial charge on any atom is 0.313 e. The second-order valence-corrected chi connectivity index (χ2v) is 7.69. The average molecular weight is 297 g/mol. The van der Waals surface area contributed by atoms with E-state index in [0.717, 1.165) is 23.1 Å². The summed E-state index contributed by atoms with van der Waals surface area (Å²) in [5, 5.41) is 15.3. The quantitative estimate of drug-likeness (QED) is 0.749. The molecule has 0 fully saturated rings. The summed E-state index contributed by atoms with van der Waals surface area (Å²) < 4.78 is 25.7. The lowest BCUT2D eigenvalue weighted by Gasteiger charge is -2.06. The van der Waals surface area contributed by atoms with Crippen LogP contribution < -0.4 is 4.72 Å². The van der Waals surface area contributed by atoms with Gasteiger partial charge in [-0.1, -0.05) is 23.1 Å². The molecule has 0 radical (unpaired) electrons. The van der Waals surface area contributed by atoms with Gasteiger partial charge in [0.1, 0.15) is 0 Å². The first kappa shape index (κ1) is 14.2. The number of hydrogen-bond donors (Lipinski definition) is 2. The topological polar surface area (TPSA) is 109 Å². The number of aromatic nitrogens is 2. The van der Waals surface area contributed by atoms with Crippen molar-refractivity contribution in [2.45, 2.75) is 23.4 Å². The Bertz CT molecular complexity index is 496. The van der Waals surface area contributed by atoms with E-state index in [1.54, 1.807) is 13.8 Å². The average Bonchev–Trinajstić information content (AvgIpc) is 2.61. The van der Waals surface area contributed by atoms with Crippen LogP contribution in [0, 0.1) is 0 Å². The van der Waals surface area contributed by atoms with Crippen molar-refractivity contribution in [3.8, 4) is 0 Å². The third-order valence-corrected chi connectivity index (χ3v) is 5.38. The summed E-state index contributed by atoms with van der Waals surface area (Å²) in [4.78, 5) is 10.3. The molecule has 0 amide bonds. The van der Waals surface area contributed by atoms with Crippen molar-refractivity contribution >= 4 is 44.2 Å². The fourth-order valence-corrected chi connectivity index (χ4v) is 3.03. The number of hydrogen-bond acceptors (Lipinski definition) is 7. The molecular weight excluding hydrogens is 286 g/mol. The minimum absolute atomic E-state index is 0.133. The van der Waals surface area contributed by atoms with E-state index in [2.05, 4.69) is 14.9 Å². The summed E-state index contributed by atoms with van der Waals surface area (Å²) >= 11 is 2.00. The summed E-state index contributed by atoms with van der Waals surface area (Å²) in [6.45, 7) is 3.09. The van der Waals surface area contributed by atoms with E-state index in [4.69, 9.17) is 5.11 Å². The van der Waals surface area contributed by atoms with Gasteiger partial charge in [0.25, 0.3) is 0 Å². The Kier molecular flexibility index (Phi) is 4.71. The Morgan fingerprint density at radius 3 is 2.71 bits per heavy atom. The number of carbonyl (C=O) groups is 1. The van der Waals surface area contributed by atoms with Gasteiger partial charge in [-0.15, -0.1) is 10.2 Å². The number of rotatable bonds is 6. The van der Waals surface area contributed by atoms with Crippen LogP contribution in [-0.4, -0.2) is 40.7 Å². The van der Waals surface area contributed by atoms with E-state index in [-0.39, 0.29) is 10.9 Å². The third kappa shape index (κ3) is 4.48. The van der Waals surface area contributed by atoms with Crippen LogP contribution >= 0.6 is 23.1 Å². The van der Waals surface area contributed by atoms with E-state index < -0.39 is 21.2 Å². The van der Waals surface area contributed by atoms with Crippen LogP contribution in [0.5, 0.6) is 0 Å². The van der Waals surface area contributed by atoms with Gasteiger partial charge in [0.15, 0.2) is 4.34 Å². The Morgan fingerprint density at radius 2 is 2.18 bits per heavy atom. The SMILES string of the molecule is CC(C)S(=O)(=O)Nc1nnc(SCC(=O)O)s1. The first-order chi connectivity index (χ1) is 7.81. The molecule has 0 spiro atoms. The summed E-state index contributed by atoms with van der Waals surface area (Å²) in [6, 6.07) is 0. The molecule has 0 unspecified atom stereocenters. The predicted molar refractivity (Wildman–Crippen MR) is 65.9 cm³/mol. The fraction of sp³-hybridized carbons (Fsp3) is 0.571. The van der Waals surface area contributed by atoms with Crippen LogP contribution in [0.2, 0.25) is 0 Å². The van der Waals surface area contributed by atoms with Crippen molar-refractivity contribution in [2.75, 3.05) is 10.5 Å². The molecule has 0 aliphatic rings. The molecule has 0 atom stereocenters. The van der Waals surface area contributed by atoms with Crippen LogP contribution in [0.4, 0.5) is 5.13 Å². The second-order valence-electron chi connectivity index (χ2n) is 3.25. The van der Waals surface area contributed by atoms with Gasteiger partial charge >= 0.3 is 5.97 Å². The minimum Gasteiger partial charge on any atom is -0.481 e. The van der Waals surface area contributed by atoms with Gasteiger partial charge in [0.2, 0.25) is 15.2 Å². The molecule has 0 aromatic carbocycles. The molecule has 1 aromatic heterocycles. The van der Waals surface area contributed by atoms with E-state index in [1.807, 2.05) is 0 Å². The van der Waals surface area contributed by atoms with Gasteiger partial charge in [-0.05, 0) is 13.8 Å². The number of sulfonamides is 1. The molecule has 96 valence electrons. The van der Waals surface area contributed by atoms with Crippen molar-refractivity contribution in [2.24, 2.45) is 0 Å². The number of anilines is 1. The third-order valence-electron chi connectivity index (χ3n) is 1.58. The van der Waals surface area contributed by atoms with Crippen molar-refractivity contribution in [1.82, 2.24) is 10.2 Å². The summed E-state index contributed by atoms with van der Waals surface area (Å²) in [6.07, 6.45) is 0. The van der Waals surface area contributed by atoms with Crippen LogP contribution in [0.15, 0.2) is 4.34 Å². The van der Waals surface area contributed by atoms with Crippen molar-refractivity contribution in [3.05, 3.63) is 0 Å². The first-order valence-electron chi connectivity index (χ1n) is 4.51. The van der Waals surface area contributed by atoms with E-state index >= 15 is 0 Å². The van der Waals surface area contributed by atoms with Gasteiger partial charge < -0.3 is 5.11 Å². The van der Waals surface area contributed by atoms with Crippen molar-refractivity contribution in [1.29, 1.82) is 0 Å². The Balaban J connectivity index is 2.66. The van der Waals surface area contributed by atoms with Crippen molar-refractivity contribution < 1.29 is 18.3 Å². The lowest BCUT2D eigenvalue weighted by Crippen LogP contribution is -2.22. The molecule has 0 aliphatic carbocycles. The molecule has 0 saturated heterocycles. The number of nitrogens with zero attached hydrogens (tertiary/aromatic N) is 2. The first-order valence-corrected chi connectivity index (χ1v) is 7.86. The van der Waals surface area contributed by atoms with Gasteiger partial charge in [-0.2, -0.15) is 0 Å². The number of aliphatic carboxylic acids is 1. The Labute approximate surface area is 107 Å². The molecule has 0 bridgehead atoms. The lowest BCUT2D eigenvalue weighted by molar-refractivity contribution is -0.133. The highest BCUT2D eigenvalue weighted by molar-refractivity contribution is 8.01. The zero-order valence-electron chi connectivity index (χ0n) is 9.08. The molecular formula is C7H11N3O4S3. The predicted octanol–water partition coefficient (Wildman–Crippen LogP) is 0.865. The summed E-state index contributed by atoms with van der Waals surface area (Å²) in [7, 11) is -3.44. The normalized spacial score (nSPS) is 11.7. The highest BCUT2D eigenvalue weighted by atomic mass is 32.2. The molecule has 1 heterocycles. The number of thioether (sulfide) groups is 1. The molecule has 10 heteroatoms. The van der Waals surface area contributed by atoms with Crippen LogP contribution in [0.25, 0.3) is 0 Å². The maximum atomic E-state index is 11.5. The lowest BCUT2D eigenvalue weighted by atomic mass is 10.6. The molecule has 0 saturated carbocycles. The Hall–Kier alpha value is -0.870. The number of carboxylic acids is 1. The molecule has 7 nitrogen and oxygen atoms in total. The monoisotopic (exact) mass is 297 g/mol. The van der Waals surface area contributed by atoms with E-state index in [0.29, 0.717) is 4.34 Å².